The zero-order valence-corrected chi connectivity index (χ0v) is 14.3. The number of benzene rings is 2. The van der Waals surface area contributed by atoms with Crippen LogP contribution in [0, 0.1) is 0 Å². The van der Waals surface area contributed by atoms with Gasteiger partial charge in [0.15, 0.2) is 5.13 Å². The summed E-state index contributed by atoms with van der Waals surface area (Å²) in [5, 5.41) is 4.86. The van der Waals surface area contributed by atoms with E-state index in [1.54, 1.807) is 18.4 Å². The summed E-state index contributed by atoms with van der Waals surface area (Å²) in [6.07, 6.45) is 0. The van der Waals surface area contributed by atoms with Crippen molar-refractivity contribution in [3.63, 3.8) is 0 Å². The van der Waals surface area contributed by atoms with Crippen LogP contribution in [-0.2, 0) is 6.54 Å². The van der Waals surface area contributed by atoms with Gasteiger partial charge in [-0.25, -0.2) is 4.98 Å². The van der Waals surface area contributed by atoms with Gasteiger partial charge in [-0.2, -0.15) is 0 Å². The van der Waals surface area contributed by atoms with Crippen LogP contribution < -0.4 is 10.1 Å². The summed E-state index contributed by atoms with van der Waals surface area (Å²) in [4.78, 5) is 4.57. The topological polar surface area (TPSA) is 34.1 Å². The van der Waals surface area contributed by atoms with Gasteiger partial charge in [0.25, 0.3) is 0 Å². The van der Waals surface area contributed by atoms with Gasteiger partial charge in [0.05, 0.1) is 17.3 Å². The number of nitrogens with zero attached hydrogens (tertiary/aromatic N) is 1. The normalized spacial score (nSPS) is 10.8. The van der Waals surface area contributed by atoms with E-state index in [4.69, 9.17) is 16.3 Å². The van der Waals surface area contributed by atoms with Crippen molar-refractivity contribution in [2.45, 2.75) is 6.54 Å². The molecule has 0 fully saturated rings. The molecule has 0 aliphatic carbocycles. The fourth-order valence-corrected chi connectivity index (χ4v) is 3.47. The summed E-state index contributed by atoms with van der Waals surface area (Å²) in [5.41, 5.74) is 1.91. The van der Waals surface area contributed by atoms with Crippen molar-refractivity contribution in [2.75, 3.05) is 12.4 Å². The number of fused-ring (bicyclic) bond motifs is 1. The molecule has 0 radical (unpaired) electrons. The van der Waals surface area contributed by atoms with Crippen molar-refractivity contribution in [3.8, 4) is 5.75 Å². The summed E-state index contributed by atoms with van der Waals surface area (Å²) in [6.45, 7) is 0.573. The number of hydrogen-bond donors (Lipinski definition) is 1. The van der Waals surface area contributed by atoms with Gasteiger partial charge in [-0.1, -0.05) is 44.9 Å². The van der Waals surface area contributed by atoms with Crippen molar-refractivity contribution < 1.29 is 4.74 Å². The lowest BCUT2D eigenvalue weighted by atomic mass is 10.2. The lowest BCUT2D eigenvalue weighted by Gasteiger charge is -2.10. The first kappa shape index (κ1) is 14.6. The maximum atomic E-state index is 6.23. The Bertz CT molecular complexity index is 790. The lowest BCUT2D eigenvalue weighted by Crippen LogP contribution is -2.02. The molecule has 1 heterocycles. The van der Waals surface area contributed by atoms with Crippen LogP contribution in [0.25, 0.3) is 10.2 Å². The van der Waals surface area contributed by atoms with E-state index in [0.717, 1.165) is 31.1 Å². The highest BCUT2D eigenvalue weighted by Gasteiger charge is 2.09. The summed E-state index contributed by atoms with van der Waals surface area (Å²) >= 11 is 11.3. The Hall–Kier alpha value is -1.30. The molecule has 0 amide bonds. The van der Waals surface area contributed by atoms with Crippen LogP contribution in [0.3, 0.4) is 0 Å². The third-order valence-electron chi connectivity index (χ3n) is 3.06. The van der Waals surface area contributed by atoms with Crippen LogP contribution in [-0.4, -0.2) is 12.1 Å². The fourth-order valence-electron chi connectivity index (χ4n) is 2.04. The van der Waals surface area contributed by atoms with E-state index >= 15 is 0 Å². The van der Waals surface area contributed by atoms with Crippen LogP contribution in [0.2, 0.25) is 5.02 Å². The monoisotopic (exact) mass is 382 g/mol. The second-order valence-corrected chi connectivity index (χ2v) is 6.76. The molecule has 3 nitrogen and oxygen atoms in total. The van der Waals surface area contributed by atoms with Crippen molar-refractivity contribution in [2.24, 2.45) is 0 Å². The van der Waals surface area contributed by atoms with E-state index in [0.29, 0.717) is 11.6 Å². The van der Waals surface area contributed by atoms with Crippen molar-refractivity contribution >= 4 is 54.2 Å². The minimum Gasteiger partial charge on any atom is -0.496 e. The molecule has 0 saturated carbocycles. The second kappa shape index (κ2) is 6.22. The van der Waals surface area contributed by atoms with Crippen LogP contribution in [0.1, 0.15) is 5.56 Å². The lowest BCUT2D eigenvalue weighted by molar-refractivity contribution is 0.410. The summed E-state index contributed by atoms with van der Waals surface area (Å²) in [6, 6.07) is 11.7. The molecule has 21 heavy (non-hydrogen) atoms. The Morgan fingerprint density at radius 2 is 2.19 bits per heavy atom. The fraction of sp³-hybridized carbons (Fsp3) is 0.133. The number of methoxy groups -OCH3 is 1. The van der Waals surface area contributed by atoms with Crippen molar-refractivity contribution in [3.05, 3.63) is 51.5 Å². The molecule has 0 unspecified atom stereocenters. The maximum Gasteiger partial charge on any atom is 0.184 e. The van der Waals surface area contributed by atoms with Gasteiger partial charge < -0.3 is 10.1 Å². The SMILES string of the molecule is COc1cccc(Cl)c1CNc1nc2cc(Br)ccc2s1. The minimum absolute atomic E-state index is 0.573. The van der Waals surface area contributed by atoms with E-state index in [1.807, 2.05) is 30.3 Å². The standard InChI is InChI=1S/C15H12BrClN2OS/c1-20-13-4-2-3-11(17)10(13)8-18-15-19-12-7-9(16)5-6-14(12)21-15/h2-7H,8H2,1H3,(H,18,19). The molecule has 1 N–H and O–H groups in total. The number of halogens is 2. The highest BCUT2D eigenvalue weighted by Crippen LogP contribution is 2.30. The number of aromatic nitrogens is 1. The number of ether oxygens (including phenoxy) is 1. The molecule has 108 valence electrons. The quantitative estimate of drug-likeness (QED) is 0.661. The molecule has 6 heteroatoms. The molecular formula is C15H12BrClN2OS. The smallest absolute Gasteiger partial charge is 0.184 e. The Morgan fingerprint density at radius 3 is 3.00 bits per heavy atom. The van der Waals surface area contributed by atoms with E-state index in [1.165, 1.54) is 0 Å². The summed E-state index contributed by atoms with van der Waals surface area (Å²) < 4.78 is 7.51. The van der Waals surface area contributed by atoms with E-state index in [2.05, 4.69) is 32.3 Å². The van der Waals surface area contributed by atoms with Gasteiger partial charge in [0, 0.05) is 21.6 Å². The third kappa shape index (κ3) is 3.15. The largest absolute Gasteiger partial charge is 0.496 e. The molecule has 3 rings (SSSR count). The number of anilines is 1. The van der Waals surface area contributed by atoms with Gasteiger partial charge in [-0.05, 0) is 30.3 Å². The Kier molecular flexibility index (Phi) is 4.33. The van der Waals surface area contributed by atoms with Crippen molar-refractivity contribution in [1.29, 1.82) is 0 Å². The average molecular weight is 384 g/mol. The van der Waals surface area contributed by atoms with Crippen LogP contribution in [0.4, 0.5) is 5.13 Å². The third-order valence-corrected chi connectivity index (χ3v) is 4.90. The molecule has 3 aromatic rings. The zero-order valence-electron chi connectivity index (χ0n) is 11.2. The molecule has 0 bridgehead atoms. The van der Waals surface area contributed by atoms with Gasteiger partial charge in [0.1, 0.15) is 5.75 Å². The highest BCUT2D eigenvalue weighted by molar-refractivity contribution is 9.10. The maximum absolute atomic E-state index is 6.23. The number of nitrogens with one attached hydrogen (secondary N) is 1. The summed E-state index contributed by atoms with van der Waals surface area (Å²) in [5.74, 6) is 0.777. The van der Waals surface area contributed by atoms with Gasteiger partial charge in [0.2, 0.25) is 0 Å². The van der Waals surface area contributed by atoms with Crippen LogP contribution in [0.5, 0.6) is 5.75 Å². The number of rotatable bonds is 4. The van der Waals surface area contributed by atoms with E-state index < -0.39 is 0 Å². The molecule has 2 aromatic carbocycles. The van der Waals surface area contributed by atoms with Gasteiger partial charge >= 0.3 is 0 Å². The van der Waals surface area contributed by atoms with Crippen LogP contribution in [0.15, 0.2) is 40.9 Å². The molecule has 1 aromatic heterocycles. The predicted octanol–water partition coefficient (Wildman–Crippen LogP) is 5.33. The molecule has 0 atom stereocenters. The first-order chi connectivity index (χ1) is 10.2. The molecule has 0 aliphatic heterocycles. The number of hydrogen-bond acceptors (Lipinski definition) is 4. The highest BCUT2D eigenvalue weighted by atomic mass is 79.9. The predicted molar refractivity (Wildman–Crippen MR) is 92.7 cm³/mol. The van der Waals surface area contributed by atoms with E-state index in [-0.39, 0.29) is 0 Å². The Morgan fingerprint density at radius 1 is 1.33 bits per heavy atom. The second-order valence-electron chi connectivity index (χ2n) is 4.41. The van der Waals surface area contributed by atoms with Gasteiger partial charge in [-0.3, -0.25) is 0 Å². The Balaban J connectivity index is 1.83. The van der Waals surface area contributed by atoms with Gasteiger partial charge in [-0.15, -0.1) is 0 Å². The first-order valence-corrected chi connectivity index (χ1v) is 8.27. The molecule has 0 spiro atoms. The first-order valence-electron chi connectivity index (χ1n) is 6.28. The minimum atomic E-state index is 0.573. The zero-order chi connectivity index (χ0) is 14.8. The average Bonchev–Trinajstić information content (AvgIpc) is 2.87. The van der Waals surface area contributed by atoms with Crippen molar-refractivity contribution in [1.82, 2.24) is 4.98 Å². The Labute approximate surface area is 140 Å². The number of thiazole rings is 1. The molecule has 0 aliphatic rings. The van der Waals surface area contributed by atoms with E-state index in [9.17, 15) is 0 Å². The summed E-state index contributed by atoms with van der Waals surface area (Å²) in [7, 11) is 1.64. The molecule has 0 saturated heterocycles. The van der Waals surface area contributed by atoms with Crippen LogP contribution >= 0.6 is 38.9 Å². The molecular weight excluding hydrogens is 372 g/mol.